The number of carbonyl (C=O) groups is 1. The van der Waals surface area contributed by atoms with Crippen LogP contribution in [0.4, 0.5) is 14.5 Å². The summed E-state index contributed by atoms with van der Waals surface area (Å²) >= 11 is 1.22. The van der Waals surface area contributed by atoms with Crippen molar-refractivity contribution in [1.82, 2.24) is 20.8 Å². The second-order valence-corrected chi connectivity index (χ2v) is 8.74. The van der Waals surface area contributed by atoms with Gasteiger partial charge in [-0.25, -0.2) is 14.2 Å². The van der Waals surface area contributed by atoms with E-state index < -0.39 is 17.5 Å². The number of hydrogen-bond donors (Lipinski definition) is 3. The Morgan fingerprint density at radius 1 is 1.24 bits per heavy atom. The molecule has 3 atom stereocenters. The van der Waals surface area contributed by atoms with E-state index in [0.717, 1.165) is 30.4 Å². The van der Waals surface area contributed by atoms with Gasteiger partial charge in [-0.05, 0) is 36.2 Å². The number of halogens is 2. The molecule has 0 aromatic heterocycles. The van der Waals surface area contributed by atoms with Gasteiger partial charge in [0.1, 0.15) is 23.5 Å². The molecule has 8 nitrogen and oxygen atoms in total. The van der Waals surface area contributed by atoms with Crippen molar-refractivity contribution in [3.05, 3.63) is 72.1 Å². The number of carbonyl (C=O) groups excluding carboxylic acids is 1. The van der Waals surface area contributed by atoms with Crippen LogP contribution in [-0.2, 0) is 4.79 Å². The number of ether oxygens (including phenoxy) is 1. The highest BCUT2D eigenvalue weighted by Gasteiger charge is 2.44. The molecule has 3 aliphatic rings. The number of benzene rings is 2. The minimum atomic E-state index is -0.686. The Morgan fingerprint density at radius 3 is 2.85 bits per heavy atom. The third-order valence-electron chi connectivity index (χ3n) is 5.76. The van der Waals surface area contributed by atoms with Gasteiger partial charge in [-0.3, -0.25) is 10.2 Å². The average Bonchev–Trinajstić information content (AvgIpc) is 3.44. The van der Waals surface area contributed by atoms with E-state index in [0.29, 0.717) is 5.17 Å². The van der Waals surface area contributed by atoms with Gasteiger partial charge in [-0.2, -0.15) is 5.10 Å². The van der Waals surface area contributed by atoms with Crippen LogP contribution in [0.5, 0.6) is 5.75 Å². The van der Waals surface area contributed by atoms with Crippen molar-refractivity contribution in [3.8, 4) is 5.75 Å². The molecule has 5 rings (SSSR count). The Morgan fingerprint density at radius 2 is 2.06 bits per heavy atom. The zero-order chi connectivity index (χ0) is 22.9. The van der Waals surface area contributed by atoms with Crippen LogP contribution in [0.2, 0.25) is 0 Å². The highest BCUT2D eigenvalue weighted by atomic mass is 32.2. The quantitative estimate of drug-likeness (QED) is 0.617. The van der Waals surface area contributed by atoms with E-state index in [9.17, 15) is 13.6 Å². The molecule has 11 heteroatoms. The lowest BCUT2D eigenvalue weighted by atomic mass is 10.00. The van der Waals surface area contributed by atoms with Gasteiger partial charge >= 0.3 is 0 Å². The van der Waals surface area contributed by atoms with Crippen molar-refractivity contribution >= 4 is 28.5 Å². The molecule has 3 unspecified atom stereocenters. The number of methoxy groups -OCH3 is 1. The van der Waals surface area contributed by atoms with Gasteiger partial charge in [-0.15, -0.1) is 0 Å². The summed E-state index contributed by atoms with van der Waals surface area (Å²) in [4.78, 5) is 14.2. The van der Waals surface area contributed by atoms with E-state index >= 15 is 0 Å². The zero-order valence-electron chi connectivity index (χ0n) is 17.7. The number of anilines is 1. The third-order valence-corrected chi connectivity index (χ3v) is 6.72. The lowest BCUT2D eigenvalue weighted by Crippen LogP contribution is -2.54. The van der Waals surface area contributed by atoms with Crippen LogP contribution in [0.3, 0.4) is 0 Å². The number of hydrazone groups is 1. The summed E-state index contributed by atoms with van der Waals surface area (Å²) in [7, 11) is 1.65. The first-order chi connectivity index (χ1) is 16.0. The van der Waals surface area contributed by atoms with E-state index in [1.165, 1.54) is 17.3 Å². The smallest absolute Gasteiger partial charge is 0.234 e. The Kier molecular flexibility index (Phi) is 5.81. The van der Waals surface area contributed by atoms with Crippen LogP contribution in [0.25, 0.3) is 0 Å². The average molecular weight is 473 g/mol. The van der Waals surface area contributed by atoms with Gasteiger partial charge in [0.05, 0.1) is 30.6 Å². The Hall–Kier alpha value is -3.31. The van der Waals surface area contributed by atoms with Gasteiger partial charge in [-0.1, -0.05) is 23.9 Å². The molecule has 0 bridgehead atoms. The number of amidine groups is 1. The molecule has 1 saturated heterocycles. The molecular weight excluding hydrogens is 450 g/mol. The SMILES string of the molecule is COc1ccc(C2CC3C4NN=C(SCC(=O)Nc5cc(F)ccc5F)N4C=CN3N2)cc1. The molecule has 1 amide bonds. The summed E-state index contributed by atoms with van der Waals surface area (Å²) in [6.45, 7) is 0. The first kappa shape index (κ1) is 21.5. The van der Waals surface area contributed by atoms with Crippen LogP contribution in [0.15, 0.2) is 60.0 Å². The Balaban J connectivity index is 1.18. The third kappa shape index (κ3) is 4.33. The molecule has 0 spiro atoms. The Labute approximate surface area is 193 Å². The van der Waals surface area contributed by atoms with Crippen molar-refractivity contribution < 1.29 is 18.3 Å². The van der Waals surface area contributed by atoms with Crippen LogP contribution < -0.4 is 20.9 Å². The topological polar surface area (TPSA) is 81.2 Å². The van der Waals surface area contributed by atoms with Crippen molar-refractivity contribution in [2.24, 2.45) is 5.10 Å². The summed E-state index contributed by atoms with van der Waals surface area (Å²) in [6, 6.07) is 11.2. The monoisotopic (exact) mass is 472 g/mol. The van der Waals surface area contributed by atoms with Crippen LogP contribution in [0.1, 0.15) is 18.0 Å². The Bertz CT molecular complexity index is 1110. The van der Waals surface area contributed by atoms with Crippen LogP contribution in [0, 0.1) is 11.6 Å². The maximum atomic E-state index is 13.8. The van der Waals surface area contributed by atoms with Gasteiger partial charge in [0.25, 0.3) is 0 Å². The van der Waals surface area contributed by atoms with Crippen molar-refractivity contribution in [3.63, 3.8) is 0 Å². The van der Waals surface area contributed by atoms with Gasteiger partial charge in [0, 0.05) is 18.5 Å². The van der Waals surface area contributed by atoms with Crippen LogP contribution in [-0.4, -0.2) is 46.1 Å². The minimum Gasteiger partial charge on any atom is -0.497 e. The predicted octanol–water partition coefficient (Wildman–Crippen LogP) is 2.95. The fourth-order valence-corrected chi connectivity index (χ4v) is 4.89. The normalized spacial score (nSPS) is 23.0. The van der Waals surface area contributed by atoms with E-state index in [-0.39, 0.29) is 29.7 Å². The first-order valence-electron chi connectivity index (χ1n) is 10.4. The minimum absolute atomic E-state index is 0.00856. The molecule has 2 aromatic rings. The first-order valence-corrected chi connectivity index (χ1v) is 11.4. The molecule has 3 N–H and O–H groups in total. The lowest BCUT2D eigenvalue weighted by Gasteiger charge is -2.36. The van der Waals surface area contributed by atoms with Crippen molar-refractivity contribution in [2.45, 2.75) is 24.7 Å². The van der Waals surface area contributed by atoms with Gasteiger partial charge in [0.15, 0.2) is 5.17 Å². The van der Waals surface area contributed by atoms with E-state index in [4.69, 9.17) is 4.74 Å². The molecule has 2 aromatic carbocycles. The van der Waals surface area contributed by atoms with E-state index in [1.807, 2.05) is 29.4 Å². The number of nitrogens with one attached hydrogen (secondary N) is 3. The summed E-state index contributed by atoms with van der Waals surface area (Å²) < 4.78 is 32.3. The van der Waals surface area contributed by atoms with Crippen LogP contribution >= 0.6 is 11.8 Å². The summed E-state index contributed by atoms with van der Waals surface area (Å²) in [5.41, 5.74) is 7.66. The van der Waals surface area contributed by atoms with Gasteiger partial charge < -0.3 is 20.0 Å². The molecule has 0 saturated carbocycles. The number of hydrogen-bond acceptors (Lipinski definition) is 8. The maximum Gasteiger partial charge on any atom is 0.234 e. The van der Waals surface area contributed by atoms with E-state index in [2.05, 4.69) is 38.4 Å². The van der Waals surface area contributed by atoms with Gasteiger partial charge in [0.2, 0.25) is 5.91 Å². The number of hydrazine groups is 1. The molecule has 172 valence electrons. The predicted molar refractivity (Wildman–Crippen MR) is 122 cm³/mol. The number of nitrogens with zero attached hydrogens (tertiary/aromatic N) is 3. The standard InChI is InChI=1S/C22H22F2N6O2S/c1-32-15-5-2-13(3-6-15)17-11-19-21-26-27-22(29(21)8-9-30(19)28-17)33-12-20(31)25-18-10-14(23)4-7-16(18)24/h2-10,17,19,21,26,28H,11-12H2,1H3,(H,25,31). The second kappa shape index (κ2) is 8.91. The molecule has 33 heavy (non-hydrogen) atoms. The maximum absolute atomic E-state index is 13.8. The molecule has 3 aliphatic heterocycles. The molecule has 3 heterocycles. The largest absolute Gasteiger partial charge is 0.497 e. The van der Waals surface area contributed by atoms with Crippen molar-refractivity contribution in [2.75, 3.05) is 18.2 Å². The highest BCUT2D eigenvalue weighted by molar-refractivity contribution is 8.14. The lowest BCUT2D eigenvalue weighted by molar-refractivity contribution is -0.113. The fraction of sp³-hybridized carbons (Fsp3) is 0.273. The number of rotatable bonds is 5. The summed E-state index contributed by atoms with van der Waals surface area (Å²) in [5, 5.41) is 9.51. The number of thioether (sulfide) groups is 1. The van der Waals surface area contributed by atoms with E-state index in [1.54, 1.807) is 7.11 Å². The summed E-state index contributed by atoms with van der Waals surface area (Å²) in [6.07, 6.45) is 4.63. The zero-order valence-corrected chi connectivity index (χ0v) is 18.5. The fourth-order valence-electron chi connectivity index (χ4n) is 4.11. The summed E-state index contributed by atoms with van der Waals surface area (Å²) in [5.74, 6) is -0.923. The number of amides is 1. The molecule has 0 aliphatic carbocycles. The number of fused-ring (bicyclic) bond motifs is 3. The second-order valence-electron chi connectivity index (χ2n) is 7.80. The molecule has 1 fully saturated rings. The molecular formula is C22H22F2N6O2S. The molecule has 0 radical (unpaired) electrons. The highest BCUT2D eigenvalue weighted by Crippen LogP contribution is 2.35. The van der Waals surface area contributed by atoms with Crippen molar-refractivity contribution in [1.29, 1.82) is 0 Å².